The second kappa shape index (κ2) is 8.41. The van der Waals surface area contributed by atoms with Gasteiger partial charge in [-0.25, -0.2) is 14.8 Å². The fraction of sp³-hybridized carbons (Fsp3) is 0.250. The van der Waals surface area contributed by atoms with Crippen molar-refractivity contribution >= 4 is 28.3 Å². The van der Waals surface area contributed by atoms with Gasteiger partial charge in [0.2, 0.25) is 0 Å². The molecular formula is C20H15F6N3O2S. The van der Waals surface area contributed by atoms with E-state index in [0.29, 0.717) is 28.4 Å². The van der Waals surface area contributed by atoms with Gasteiger partial charge in [0.25, 0.3) is 0 Å². The first-order valence-electron chi connectivity index (χ1n) is 9.03. The van der Waals surface area contributed by atoms with E-state index in [1.807, 2.05) is 13.8 Å². The molecule has 12 heteroatoms. The molecule has 0 aliphatic heterocycles. The lowest BCUT2D eigenvalue weighted by Gasteiger charge is -2.10. The van der Waals surface area contributed by atoms with Crippen molar-refractivity contribution in [3.63, 3.8) is 0 Å². The number of carbonyl (C=O) groups is 1. The Kier molecular flexibility index (Phi) is 6.18. The van der Waals surface area contributed by atoms with Gasteiger partial charge in [-0.15, -0.1) is 0 Å². The third kappa shape index (κ3) is 5.01. The number of alkyl halides is 6. The first-order valence-corrected chi connectivity index (χ1v) is 9.85. The van der Waals surface area contributed by atoms with Crippen LogP contribution in [0.3, 0.4) is 0 Å². The van der Waals surface area contributed by atoms with Crippen molar-refractivity contribution in [2.24, 2.45) is 0 Å². The minimum atomic E-state index is -4.77. The minimum Gasteiger partial charge on any atom is -0.478 e. The number of anilines is 2. The van der Waals surface area contributed by atoms with E-state index in [1.165, 1.54) is 12.1 Å². The van der Waals surface area contributed by atoms with E-state index in [1.54, 1.807) is 0 Å². The Morgan fingerprint density at radius 3 is 2.12 bits per heavy atom. The summed E-state index contributed by atoms with van der Waals surface area (Å²) in [6.07, 6.45) is -8.75. The maximum atomic E-state index is 12.9. The van der Waals surface area contributed by atoms with Crippen LogP contribution in [0, 0.1) is 0 Å². The van der Waals surface area contributed by atoms with Crippen LogP contribution in [0.15, 0.2) is 36.5 Å². The molecule has 170 valence electrons. The normalized spacial score (nSPS) is 12.3. The van der Waals surface area contributed by atoms with Crippen LogP contribution in [0.2, 0.25) is 0 Å². The molecule has 0 saturated carbocycles. The minimum absolute atomic E-state index is 0.137. The predicted octanol–water partition coefficient (Wildman–Crippen LogP) is 6.81. The Hall–Kier alpha value is -3.15. The smallest absolute Gasteiger partial charge is 0.417 e. The average Bonchev–Trinajstić information content (AvgIpc) is 3.11. The highest BCUT2D eigenvalue weighted by Crippen LogP contribution is 2.40. The van der Waals surface area contributed by atoms with Gasteiger partial charge in [-0.3, -0.25) is 0 Å². The van der Waals surface area contributed by atoms with E-state index in [9.17, 15) is 36.2 Å². The van der Waals surface area contributed by atoms with Crippen molar-refractivity contribution in [1.82, 2.24) is 9.97 Å². The van der Waals surface area contributed by atoms with E-state index in [-0.39, 0.29) is 16.9 Å². The lowest BCUT2D eigenvalue weighted by molar-refractivity contribution is -0.138. The number of benzene rings is 1. The van der Waals surface area contributed by atoms with Crippen LogP contribution in [0.25, 0.3) is 10.4 Å². The summed E-state index contributed by atoms with van der Waals surface area (Å²) >= 11 is 1.02. The molecule has 1 aromatic carbocycles. The zero-order chi connectivity index (χ0) is 23.8. The largest absolute Gasteiger partial charge is 0.478 e. The number of rotatable bonds is 5. The molecule has 0 atom stereocenters. The SMILES string of the molecule is CC(C)c1nc(Nc2ncc(C(F)(F)F)cc2C(=O)O)sc1-c1ccc(C(F)(F)F)cc1. The van der Waals surface area contributed by atoms with E-state index < -0.39 is 35.0 Å². The molecule has 0 bridgehead atoms. The number of carboxylic acids is 1. The second-order valence-corrected chi connectivity index (χ2v) is 8.01. The highest BCUT2D eigenvalue weighted by molar-refractivity contribution is 7.19. The van der Waals surface area contributed by atoms with Crippen LogP contribution in [0.1, 0.15) is 46.9 Å². The first-order chi connectivity index (χ1) is 14.8. The van der Waals surface area contributed by atoms with Crippen LogP contribution in [0.4, 0.5) is 37.3 Å². The molecule has 2 aromatic heterocycles. The number of halogens is 6. The average molecular weight is 475 g/mol. The lowest BCUT2D eigenvalue weighted by Crippen LogP contribution is -2.11. The molecule has 0 spiro atoms. The molecule has 0 saturated heterocycles. The first kappa shape index (κ1) is 23.5. The Morgan fingerprint density at radius 2 is 1.62 bits per heavy atom. The monoisotopic (exact) mass is 475 g/mol. The van der Waals surface area contributed by atoms with Gasteiger partial charge in [-0.05, 0) is 29.7 Å². The zero-order valence-electron chi connectivity index (χ0n) is 16.5. The van der Waals surface area contributed by atoms with Gasteiger partial charge >= 0.3 is 18.3 Å². The number of pyridine rings is 1. The van der Waals surface area contributed by atoms with Crippen molar-refractivity contribution in [3.8, 4) is 10.4 Å². The molecule has 2 heterocycles. The highest BCUT2D eigenvalue weighted by Gasteiger charge is 2.33. The van der Waals surface area contributed by atoms with E-state index in [4.69, 9.17) is 0 Å². The Bertz CT molecular complexity index is 1140. The summed E-state index contributed by atoms with van der Waals surface area (Å²) in [5.74, 6) is -2.10. The summed E-state index contributed by atoms with van der Waals surface area (Å²) in [6, 6.07) is 4.93. The summed E-state index contributed by atoms with van der Waals surface area (Å²) in [5.41, 5.74) is -1.73. The van der Waals surface area contributed by atoms with Gasteiger partial charge in [-0.1, -0.05) is 37.3 Å². The van der Waals surface area contributed by atoms with Crippen molar-refractivity contribution < 1.29 is 36.2 Å². The van der Waals surface area contributed by atoms with Crippen molar-refractivity contribution in [2.45, 2.75) is 32.1 Å². The topological polar surface area (TPSA) is 75.1 Å². The van der Waals surface area contributed by atoms with Crippen LogP contribution >= 0.6 is 11.3 Å². The summed E-state index contributed by atoms with van der Waals surface area (Å²) in [4.78, 5) is 19.9. The quantitative estimate of drug-likeness (QED) is 0.397. The lowest BCUT2D eigenvalue weighted by atomic mass is 10.0. The molecular weight excluding hydrogens is 460 g/mol. The van der Waals surface area contributed by atoms with E-state index in [2.05, 4.69) is 15.3 Å². The Labute approximate surface area is 181 Å². The van der Waals surface area contributed by atoms with Crippen LogP contribution in [0.5, 0.6) is 0 Å². The summed E-state index contributed by atoms with van der Waals surface area (Å²) < 4.78 is 77.2. The van der Waals surface area contributed by atoms with Gasteiger partial charge in [0.05, 0.1) is 21.7 Å². The predicted molar refractivity (Wildman–Crippen MR) is 106 cm³/mol. The van der Waals surface area contributed by atoms with E-state index >= 15 is 0 Å². The van der Waals surface area contributed by atoms with Crippen LogP contribution in [-0.4, -0.2) is 21.0 Å². The van der Waals surface area contributed by atoms with E-state index in [0.717, 1.165) is 23.5 Å². The zero-order valence-corrected chi connectivity index (χ0v) is 17.3. The molecule has 32 heavy (non-hydrogen) atoms. The van der Waals surface area contributed by atoms with Crippen LogP contribution in [-0.2, 0) is 12.4 Å². The van der Waals surface area contributed by atoms with Gasteiger partial charge in [0, 0.05) is 6.20 Å². The van der Waals surface area contributed by atoms with Gasteiger partial charge in [-0.2, -0.15) is 26.3 Å². The Balaban J connectivity index is 2.00. The molecule has 2 N–H and O–H groups in total. The van der Waals surface area contributed by atoms with Crippen molar-refractivity contribution in [3.05, 3.63) is 58.9 Å². The molecule has 0 aliphatic carbocycles. The molecule has 3 rings (SSSR count). The van der Waals surface area contributed by atoms with Crippen LogP contribution < -0.4 is 5.32 Å². The number of carboxylic acid groups (broad SMARTS) is 1. The van der Waals surface area contributed by atoms with Gasteiger partial charge < -0.3 is 10.4 Å². The Morgan fingerprint density at radius 1 is 1.03 bits per heavy atom. The number of nitrogens with one attached hydrogen (secondary N) is 1. The van der Waals surface area contributed by atoms with Gasteiger partial charge in [0.1, 0.15) is 11.4 Å². The number of aromatic carboxylic acids is 1. The summed E-state index contributed by atoms with van der Waals surface area (Å²) in [6.45, 7) is 3.62. The molecule has 3 aromatic rings. The fourth-order valence-electron chi connectivity index (χ4n) is 2.78. The molecule has 0 amide bonds. The molecule has 0 unspecified atom stereocenters. The summed E-state index contributed by atoms with van der Waals surface area (Å²) in [7, 11) is 0. The summed E-state index contributed by atoms with van der Waals surface area (Å²) in [5, 5.41) is 12.1. The fourth-order valence-corrected chi connectivity index (χ4v) is 3.90. The number of aromatic nitrogens is 2. The standard InChI is InChI=1S/C20H15F6N3O2S/c1-9(2)14-15(10-3-5-11(6-4-10)19(21,22)23)32-18(28-14)29-16-13(17(30)31)7-12(8-27-16)20(24,25)26/h3-9H,1-2H3,(H,30,31)(H,27,28,29). The second-order valence-electron chi connectivity index (χ2n) is 7.01. The number of thiazole rings is 1. The van der Waals surface area contributed by atoms with Crippen molar-refractivity contribution in [1.29, 1.82) is 0 Å². The number of nitrogens with zero attached hydrogens (tertiary/aromatic N) is 2. The van der Waals surface area contributed by atoms with Gasteiger partial charge in [0.15, 0.2) is 5.13 Å². The molecule has 0 radical (unpaired) electrons. The highest BCUT2D eigenvalue weighted by atomic mass is 32.1. The van der Waals surface area contributed by atoms with Crippen molar-refractivity contribution in [2.75, 3.05) is 5.32 Å². The molecule has 0 fully saturated rings. The third-order valence-electron chi connectivity index (χ3n) is 4.35. The maximum absolute atomic E-state index is 12.9. The number of hydrogen-bond donors (Lipinski definition) is 2. The number of hydrogen-bond acceptors (Lipinski definition) is 5. The third-order valence-corrected chi connectivity index (χ3v) is 5.38. The maximum Gasteiger partial charge on any atom is 0.417 e. The molecule has 5 nitrogen and oxygen atoms in total. The molecule has 0 aliphatic rings.